The minimum Gasteiger partial charge on any atom is -0.382 e. The molecule has 88 valence electrons. The molecule has 17 heavy (non-hydrogen) atoms. The molecule has 0 bridgehead atoms. The molecule has 0 fully saturated rings. The van der Waals surface area contributed by atoms with E-state index < -0.39 is 0 Å². The number of aryl methyl sites for hydroxylation is 1. The van der Waals surface area contributed by atoms with Crippen LogP contribution >= 0.6 is 0 Å². The van der Waals surface area contributed by atoms with E-state index in [9.17, 15) is 0 Å². The highest BCUT2D eigenvalue weighted by Crippen LogP contribution is 2.17. The Labute approximate surface area is 101 Å². The number of aromatic nitrogens is 1. The highest BCUT2D eigenvalue weighted by atomic mass is 16.5. The zero-order chi connectivity index (χ0) is 12.1. The van der Waals surface area contributed by atoms with Crippen molar-refractivity contribution in [2.24, 2.45) is 0 Å². The highest BCUT2D eigenvalue weighted by molar-refractivity contribution is 5.81. The molecule has 0 spiro atoms. The average Bonchev–Trinajstić information content (AvgIpc) is 2.77. The third kappa shape index (κ3) is 2.66. The predicted molar refractivity (Wildman–Crippen MR) is 67.8 cm³/mol. The van der Waals surface area contributed by atoms with E-state index in [4.69, 9.17) is 10.00 Å². The first-order chi connectivity index (χ1) is 8.35. The Morgan fingerprint density at radius 2 is 2.24 bits per heavy atom. The second kappa shape index (κ2) is 5.51. The summed E-state index contributed by atoms with van der Waals surface area (Å²) in [6.07, 6.45) is 3.06. The van der Waals surface area contributed by atoms with Crippen LogP contribution in [0.4, 0.5) is 0 Å². The number of ether oxygens (including phenoxy) is 1. The molecule has 1 aromatic heterocycles. The lowest BCUT2D eigenvalue weighted by atomic mass is 10.2. The Morgan fingerprint density at radius 1 is 1.35 bits per heavy atom. The summed E-state index contributed by atoms with van der Waals surface area (Å²) in [4.78, 5) is 0. The molecule has 0 saturated heterocycles. The topological polar surface area (TPSA) is 38.0 Å². The predicted octanol–water partition coefficient (Wildman–Crippen LogP) is 2.94. The van der Waals surface area contributed by atoms with Crippen LogP contribution in [0.15, 0.2) is 30.5 Å². The summed E-state index contributed by atoms with van der Waals surface area (Å²) >= 11 is 0. The second-order valence-electron chi connectivity index (χ2n) is 3.95. The van der Waals surface area contributed by atoms with Crippen molar-refractivity contribution in [3.8, 4) is 6.07 Å². The Balaban J connectivity index is 2.14. The van der Waals surface area contributed by atoms with Gasteiger partial charge in [-0.2, -0.15) is 5.26 Å². The Hall–Kier alpha value is -1.79. The summed E-state index contributed by atoms with van der Waals surface area (Å²) in [5, 5.41) is 10.1. The molecule has 3 heteroatoms. The second-order valence-corrected chi connectivity index (χ2v) is 3.95. The van der Waals surface area contributed by atoms with E-state index in [1.165, 1.54) is 5.39 Å². The summed E-state index contributed by atoms with van der Waals surface area (Å²) in [6, 6.07) is 10.0. The highest BCUT2D eigenvalue weighted by Gasteiger charge is 2.01. The van der Waals surface area contributed by atoms with Gasteiger partial charge in [0.1, 0.15) is 0 Å². The lowest BCUT2D eigenvalue weighted by Crippen LogP contribution is -2.01. The normalized spacial score (nSPS) is 10.6. The minimum atomic E-state index is 0.710. The molecule has 2 rings (SSSR count). The monoisotopic (exact) mass is 228 g/mol. The SMILES string of the molecule is CCOCCCn1ccc2ccc(C#N)cc21. The molecule has 0 aliphatic heterocycles. The smallest absolute Gasteiger partial charge is 0.0992 e. The van der Waals surface area contributed by atoms with E-state index in [1.54, 1.807) is 0 Å². The summed E-state index contributed by atoms with van der Waals surface area (Å²) in [5.74, 6) is 0. The van der Waals surface area contributed by atoms with Crippen molar-refractivity contribution in [1.29, 1.82) is 5.26 Å². The molecule has 2 aromatic rings. The molecule has 0 atom stereocenters. The van der Waals surface area contributed by atoms with Crippen LogP contribution in [0.5, 0.6) is 0 Å². The van der Waals surface area contributed by atoms with Crippen molar-refractivity contribution in [2.45, 2.75) is 19.9 Å². The van der Waals surface area contributed by atoms with Crippen molar-refractivity contribution in [1.82, 2.24) is 4.57 Å². The maximum atomic E-state index is 8.89. The largest absolute Gasteiger partial charge is 0.382 e. The lowest BCUT2D eigenvalue weighted by Gasteiger charge is -2.05. The van der Waals surface area contributed by atoms with Crippen molar-refractivity contribution in [2.75, 3.05) is 13.2 Å². The van der Waals surface area contributed by atoms with Crippen LogP contribution in [0.25, 0.3) is 10.9 Å². The molecule has 0 aliphatic rings. The lowest BCUT2D eigenvalue weighted by molar-refractivity contribution is 0.142. The minimum absolute atomic E-state index is 0.710. The zero-order valence-corrected chi connectivity index (χ0v) is 10.0. The fourth-order valence-corrected chi connectivity index (χ4v) is 1.93. The van der Waals surface area contributed by atoms with Gasteiger partial charge in [-0.15, -0.1) is 0 Å². The molecule has 3 nitrogen and oxygen atoms in total. The third-order valence-electron chi connectivity index (χ3n) is 2.79. The molecule has 0 N–H and O–H groups in total. The molecular formula is C14H16N2O. The number of hydrogen-bond donors (Lipinski definition) is 0. The van der Waals surface area contributed by atoms with Gasteiger partial charge in [0.15, 0.2) is 0 Å². The molecular weight excluding hydrogens is 212 g/mol. The van der Waals surface area contributed by atoms with Gasteiger partial charge in [0, 0.05) is 31.5 Å². The molecule has 1 heterocycles. The van der Waals surface area contributed by atoms with Gasteiger partial charge in [-0.3, -0.25) is 0 Å². The van der Waals surface area contributed by atoms with Crippen LogP contribution in [-0.2, 0) is 11.3 Å². The maximum Gasteiger partial charge on any atom is 0.0992 e. The van der Waals surface area contributed by atoms with Gasteiger partial charge in [0.2, 0.25) is 0 Å². The van der Waals surface area contributed by atoms with E-state index in [-0.39, 0.29) is 0 Å². The third-order valence-corrected chi connectivity index (χ3v) is 2.79. The number of nitriles is 1. The zero-order valence-electron chi connectivity index (χ0n) is 10.0. The average molecular weight is 228 g/mol. The maximum absolute atomic E-state index is 8.89. The molecule has 0 aliphatic carbocycles. The van der Waals surface area contributed by atoms with Crippen LogP contribution in [0, 0.1) is 11.3 Å². The summed E-state index contributed by atoms with van der Waals surface area (Å²) in [7, 11) is 0. The van der Waals surface area contributed by atoms with E-state index in [1.807, 2.05) is 25.1 Å². The van der Waals surface area contributed by atoms with Crippen molar-refractivity contribution < 1.29 is 4.74 Å². The Bertz CT molecular complexity index is 537. The van der Waals surface area contributed by atoms with Gasteiger partial charge in [0.25, 0.3) is 0 Å². The quantitative estimate of drug-likeness (QED) is 0.738. The van der Waals surface area contributed by atoms with Crippen LogP contribution in [-0.4, -0.2) is 17.8 Å². The fourth-order valence-electron chi connectivity index (χ4n) is 1.93. The first-order valence-electron chi connectivity index (χ1n) is 5.92. The number of fused-ring (bicyclic) bond motifs is 1. The van der Waals surface area contributed by atoms with Gasteiger partial charge >= 0.3 is 0 Å². The van der Waals surface area contributed by atoms with Crippen molar-refractivity contribution in [3.63, 3.8) is 0 Å². The Kier molecular flexibility index (Phi) is 3.79. The van der Waals surface area contributed by atoms with E-state index in [2.05, 4.69) is 22.9 Å². The standard InChI is InChI=1S/C14H16N2O/c1-2-17-9-3-7-16-8-6-13-5-4-12(11-15)10-14(13)16/h4-6,8,10H,2-3,7,9H2,1H3. The summed E-state index contributed by atoms with van der Waals surface area (Å²) in [6.45, 7) is 4.49. The molecule has 1 aromatic carbocycles. The molecule has 0 saturated carbocycles. The van der Waals surface area contributed by atoms with Crippen LogP contribution in [0.3, 0.4) is 0 Å². The number of hydrogen-bond acceptors (Lipinski definition) is 2. The van der Waals surface area contributed by atoms with E-state index >= 15 is 0 Å². The first-order valence-corrected chi connectivity index (χ1v) is 5.92. The molecule has 0 amide bonds. The van der Waals surface area contributed by atoms with Gasteiger partial charge in [-0.05, 0) is 36.9 Å². The number of nitrogens with zero attached hydrogens (tertiary/aromatic N) is 2. The van der Waals surface area contributed by atoms with Crippen LogP contribution in [0.2, 0.25) is 0 Å². The molecule has 0 radical (unpaired) electrons. The summed E-state index contributed by atoms with van der Waals surface area (Å²) < 4.78 is 7.50. The fraction of sp³-hybridized carbons (Fsp3) is 0.357. The first kappa shape index (κ1) is 11.7. The Morgan fingerprint density at radius 3 is 3.00 bits per heavy atom. The van der Waals surface area contributed by atoms with Crippen molar-refractivity contribution >= 4 is 10.9 Å². The van der Waals surface area contributed by atoms with E-state index in [0.29, 0.717) is 5.56 Å². The van der Waals surface area contributed by atoms with Crippen LogP contribution in [0.1, 0.15) is 18.9 Å². The van der Waals surface area contributed by atoms with Gasteiger partial charge in [0.05, 0.1) is 11.6 Å². The number of benzene rings is 1. The van der Waals surface area contributed by atoms with E-state index in [0.717, 1.165) is 31.7 Å². The van der Waals surface area contributed by atoms with Crippen molar-refractivity contribution in [3.05, 3.63) is 36.0 Å². The summed E-state index contributed by atoms with van der Waals surface area (Å²) in [5.41, 5.74) is 1.84. The molecule has 0 unspecified atom stereocenters. The van der Waals surface area contributed by atoms with Gasteiger partial charge in [-0.1, -0.05) is 6.07 Å². The van der Waals surface area contributed by atoms with Gasteiger partial charge < -0.3 is 9.30 Å². The van der Waals surface area contributed by atoms with Gasteiger partial charge in [-0.25, -0.2) is 0 Å². The number of rotatable bonds is 5. The van der Waals surface area contributed by atoms with Crippen LogP contribution < -0.4 is 0 Å².